The van der Waals surface area contributed by atoms with E-state index in [2.05, 4.69) is 10.6 Å². The lowest BCUT2D eigenvalue weighted by Crippen LogP contribution is -3.00. The fourth-order valence-corrected chi connectivity index (χ4v) is 2.80. The molecule has 0 saturated carbocycles. The lowest BCUT2D eigenvalue weighted by molar-refractivity contribution is -0.694. The average molecular weight is 439 g/mol. The van der Waals surface area contributed by atoms with Crippen molar-refractivity contribution in [2.75, 3.05) is 13.1 Å². The second-order valence-corrected chi connectivity index (χ2v) is 6.09. The smallest absolute Gasteiger partial charge is 0.284 e. The van der Waals surface area contributed by atoms with Gasteiger partial charge in [-0.3, -0.25) is 14.4 Å². The zero-order valence-electron chi connectivity index (χ0n) is 13.9. The highest BCUT2D eigenvalue weighted by atomic mass is 79.9. The van der Waals surface area contributed by atoms with Gasteiger partial charge in [0.25, 0.3) is 11.1 Å². The van der Waals surface area contributed by atoms with E-state index in [1.54, 1.807) is 24.3 Å². The Morgan fingerprint density at radius 1 is 1.00 bits per heavy atom. The third kappa shape index (κ3) is 7.24. The third-order valence-electron chi connectivity index (χ3n) is 3.17. The first-order valence-electron chi connectivity index (χ1n) is 7.61. The van der Waals surface area contributed by atoms with Crippen LogP contribution >= 0.6 is 11.8 Å². The van der Waals surface area contributed by atoms with Crippen molar-refractivity contribution in [1.29, 1.82) is 0 Å². The zero-order chi connectivity index (χ0) is 18.1. The predicted octanol–water partition coefficient (Wildman–Crippen LogP) is -2.30. The molecule has 0 unspecified atom stereocenters. The number of hydrogen-bond acceptors (Lipinski definition) is 4. The van der Waals surface area contributed by atoms with Crippen LogP contribution in [0.15, 0.2) is 59.8 Å². The topological polar surface area (TPSA) is 105 Å². The van der Waals surface area contributed by atoms with Crippen LogP contribution in [0.25, 0.3) is 0 Å². The van der Waals surface area contributed by atoms with Gasteiger partial charge in [-0.1, -0.05) is 18.2 Å². The Morgan fingerprint density at radius 3 is 2.38 bits per heavy atom. The number of primary amides is 1. The lowest BCUT2D eigenvalue weighted by atomic mass is 10.2. The number of halogens is 1. The van der Waals surface area contributed by atoms with Crippen LogP contribution in [0.3, 0.4) is 0 Å². The first-order valence-corrected chi connectivity index (χ1v) is 8.43. The average Bonchev–Trinajstić information content (AvgIpc) is 2.61. The second-order valence-electron chi connectivity index (χ2n) is 5.07. The van der Waals surface area contributed by atoms with Crippen molar-refractivity contribution in [3.8, 4) is 0 Å². The predicted molar refractivity (Wildman–Crippen MR) is 93.9 cm³/mol. The molecule has 2 rings (SSSR count). The van der Waals surface area contributed by atoms with Crippen LogP contribution < -0.4 is 37.9 Å². The Morgan fingerprint density at radius 2 is 1.69 bits per heavy atom. The van der Waals surface area contributed by atoms with Crippen molar-refractivity contribution >= 4 is 28.8 Å². The number of carbonyl (C=O) groups is 3. The van der Waals surface area contributed by atoms with Crippen molar-refractivity contribution in [3.63, 3.8) is 0 Å². The molecule has 4 N–H and O–H groups in total. The molecule has 0 aliphatic carbocycles. The largest absolute Gasteiger partial charge is 1.00 e. The van der Waals surface area contributed by atoms with Gasteiger partial charge in [-0.25, -0.2) is 4.57 Å². The summed E-state index contributed by atoms with van der Waals surface area (Å²) in [6.45, 7) is 0.864. The number of nitrogens with zero attached hydrogens (tertiary/aromatic N) is 1. The molecule has 0 spiro atoms. The first-order chi connectivity index (χ1) is 12.1. The van der Waals surface area contributed by atoms with Gasteiger partial charge in [0, 0.05) is 17.0 Å². The number of carbonyl (C=O) groups excluding carboxylic acids is 3. The maximum atomic E-state index is 12.1. The van der Waals surface area contributed by atoms with E-state index in [0.717, 1.165) is 11.8 Å². The van der Waals surface area contributed by atoms with Gasteiger partial charge in [-0.05, 0) is 23.9 Å². The Balaban J connectivity index is 0.00000338. The van der Waals surface area contributed by atoms with Crippen LogP contribution in [0.1, 0.15) is 10.4 Å². The van der Waals surface area contributed by atoms with Gasteiger partial charge in [0.1, 0.15) is 0 Å². The van der Waals surface area contributed by atoms with E-state index in [9.17, 15) is 14.4 Å². The summed E-state index contributed by atoms with van der Waals surface area (Å²) in [5.41, 5.74) is 5.34. The normalized spacial score (nSPS) is 9.69. The molecule has 1 aromatic heterocycles. The van der Waals surface area contributed by atoms with Crippen LogP contribution in [0, 0.1) is 0 Å². The number of nitrogens with one attached hydrogen (secondary N) is 2. The number of rotatable bonds is 7. The number of thioether (sulfide) groups is 1. The fraction of sp³-hybridized carbons (Fsp3) is 0.176. The molecule has 138 valence electrons. The van der Waals surface area contributed by atoms with Crippen LogP contribution in [0.4, 0.5) is 4.79 Å². The SMILES string of the molecule is NC(=O)CNC(=O)c1ccccc1SC(=O)NCC[n+]1ccccc1.[Br-]. The molecule has 0 atom stereocenters. The third-order valence-corrected chi connectivity index (χ3v) is 4.08. The Hall–Kier alpha value is -2.39. The van der Waals surface area contributed by atoms with E-state index < -0.39 is 11.8 Å². The summed E-state index contributed by atoms with van der Waals surface area (Å²) in [7, 11) is 0. The summed E-state index contributed by atoms with van der Waals surface area (Å²) >= 11 is 0.932. The molecule has 0 aliphatic heterocycles. The van der Waals surface area contributed by atoms with E-state index in [1.165, 1.54) is 0 Å². The van der Waals surface area contributed by atoms with Crippen molar-refractivity contribution in [1.82, 2.24) is 10.6 Å². The summed E-state index contributed by atoms with van der Waals surface area (Å²) in [5.74, 6) is -1.08. The standard InChI is InChI=1S/C17H18N4O3S.BrH/c18-15(22)12-20-16(23)13-6-2-3-7-14(13)25-17(24)19-8-11-21-9-4-1-5-10-21;/h1-7,9-10H,8,11-12H2,(H3-,18,19,20,22,23,24);1H. The fourth-order valence-electron chi connectivity index (χ4n) is 2.01. The summed E-state index contributed by atoms with van der Waals surface area (Å²) in [6, 6.07) is 12.4. The molecule has 1 heterocycles. The van der Waals surface area contributed by atoms with Crippen molar-refractivity contribution in [2.45, 2.75) is 11.4 Å². The zero-order valence-corrected chi connectivity index (χ0v) is 16.3. The van der Waals surface area contributed by atoms with Gasteiger partial charge >= 0.3 is 0 Å². The van der Waals surface area contributed by atoms with E-state index in [0.29, 0.717) is 23.5 Å². The molecule has 0 saturated heterocycles. The van der Waals surface area contributed by atoms with E-state index in [4.69, 9.17) is 5.73 Å². The van der Waals surface area contributed by atoms with Crippen molar-refractivity contribution < 1.29 is 35.9 Å². The number of aromatic nitrogens is 1. The van der Waals surface area contributed by atoms with Gasteiger partial charge in [-0.2, -0.15) is 0 Å². The highest BCUT2D eigenvalue weighted by Crippen LogP contribution is 2.23. The lowest BCUT2D eigenvalue weighted by Gasteiger charge is -2.09. The molecule has 3 amide bonds. The molecule has 0 bridgehead atoms. The molecular formula is C17H19BrN4O3S. The highest BCUT2D eigenvalue weighted by molar-refractivity contribution is 8.13. The monoisotopic (exact) mass is 438 g/mol. The van der Waals surface area contributed by atoms with Gasteiger partial charge in [0.05, 0.1) is 18.7 Å². The van der Waals surface area contributed by atoms with Crippen LogP contribution in [0.5, 0.6) is 0 Å². The van der Waals surface area contributed by atoms with E-state index in [1.807, 2.05) is 35.2 Å². The molecule has 9 heteroatoms. The van der Waals surface area contributed by atoms with Crippen LogP contribution in [0.2, 0.25) is 0 Å². The maximum absolute atomic E-state index is 12.1. The second kappa shape index (κ2) is 11.3. The van der Waals surface area contributed by atoms with Crippen LogP contribution in [-0.2, 0) is 11.3 Å². The summed E-state index contributed by atoms with van der Waals surface area (Å²) in [6.07, 6.45) is 3.83. The van der Waals surface area contributed by atoms with E-state index >= 15 is 0 Å². The summed E-state index contributed by atoms with van der Waals surface area (Å²) < 4.78 is 1.95. The maximum Gasteiger partial charge on any atom is 0.284 e. The van der Waals surface area contributed by atoms with Gasteiger partial charge < -0.3 is 33.3 Å². The van der Waals surface area contributed by atoms with Crippen molar-refractivity contribution in [3.05, 3.63) is 60.4 Å². The number of amides is 3. The molecule has 7 nitrogen and oxygen atoms in total. The molecule has 26 heavy (non-hydrogen) atoms. The van der Waals surface area contributed by atoms with Crippen molar-refractivity contribution in [2.24, 2.45) is 5.73 Å². The molecule has 0 fully saturated rings. The van der Waals surface area contributed by atoms with Gasteiger partial charge in [0.15, 0.2) is 18.9 Å². The number of hydrogen-bond donors (Lipinski definition) is 3. The molecule has 0 aliphatic rings. The Kier molecular flexibility index (Phi) is 9.38. The van der Waals surface area contributed by atoms with Gasteiger partial charge in [0.2, 0.25) is 5.91 Å². The highest BCUT2D eigenvalue weighted by Gasteiger charge is 2.15. The number of benzene rings is 1. The molecular weight excluding hydrogens is 420 g/mol. The summed E-state index contributed by atoms with van der Waals surface area (Å²) in [4.78, 5) is 35.4. The number of nitrogens with two attached hydrogens (primary N) is 1. The molecule has 0 radical (unpaired) electrons. The minimum atomic E-state index is -0.630. The molecule has 2 aromatic rings. The minimum Gasteiger partial charge on any atom is -1.00 e. The van der Waals surface area contributed by atoms with Crippen LogP contribution in [-0.4, -0.2) is 30.1 Å². The first kappa shape index (κ1) is 21.7. The van der Waals surface area contributed by atoms with Gasteiger partial charge in [-0.15, -0.1) is 0 Å². The minimum absolute atomic E-state index is 0. The Bertz CT molecular complexity index is 759. The number of pyridine rings is 1. The summed E-state index contributed by atoms with van der Waals surface area (Å²) in [5, 5.41) is 4.95. The quantitative estimate of drug-likeness (QED) is 0.333. The Labute approximate surface area is 166 Å². The van der Waals surface area contributed by atoms with E-state index in [-0.39, 0.29) is 28.8 Å². The molecule has 1 aromatic carbocycles.